The third-order valence-corrected chi connectivity index (χ3v) is 6.30. The first-order valence-corrected chi connectivity index (χ1v) is 7.94. The van der Waals surface area contributed by atoms with Gasteiger partial charge in [-0.05, 0) is 61.3 Å². The lowest BCUT2D eigenvalue weighted by Crippen LogP contribution is -2.44. The van der Waals surface area contributed by atoms with Gasteiger partial charge in [-0.1, -0.05) is 20.3 Å². The largest absolute Gasteiger partial charge is 0.478 e. The molecule has 3 saturated carbocycles. The van der Waals surface area contributed by atoms with E-state index in [2.05, 4.69) is 13.8 Å². The number of rotatable bonds is 4. The second kappa shape index (κ2) is 4.87. The van der Waals surface area contributed by atoms with E-state index in [-0.39, 0.29) is 5.41 Å². The summed E-state index contributed by atoms with van der Waals surface area (Å²) in [7, 11) is 0. The molecule has 0 spiro atoms. The standard InChI is InChI=1S/C17H26O3/c1-10(16(18)19)7-8-20-15-13-9-14(17(15,2)3)12-6-4-5-11(12)13/h7,11-15H,4-6,8-9H2,1-3H3,(H,18,19)/b10-7+. The van der Waals surface area contributed by atoms with Crippen LogP contribution in [0.3, 0.4) is 0 Å². The summed E-state index contributed by atoms with van der Waals surface area (Å²) < 4.78 is 6.14. The summed E-state index contributed by atoms with van der Waals surface area (Å²) >= 11 is 0. The Morgan fingerprint density at radius 1 is 1.30 bits per heavy atom. The zero-order valence-corrected chi connectivity index (χ0v) is 12.8. The number of carboxylic acid groups (broad SMARTS) is 1. The van der Waals surface area contributed by atoms with Gasteiger partial charge in [0.2, 0.25) is 0 Å². The Kier molecular flexibility index (Phi) is 3.44. The van der Waals surface area contributed by atoms with E-state index >= 15 is 0 Å². The molecule has 0 radical (unpaired) electrons. The highest BCUT2D eigenvalue weighted by Gasteiger charge is 2.62. The maximum absolute atomic E-state index is 10.8. The fourth-order valence-electron chi connectivity index (χ4n) is 5.36. The van der Waals surface area contributed by atoms with Crippen LogP contribution in [0, 0.1) is 29.1 Å². The van der Waals surface area contributed by atoms with Crippen LogP contribution < -0.4 is 0 Å². The van der Waals surface area contributed by atoms with Crippen molar-refractivity contribution >= 4 is 5.97 Å². The second-order valence-electron chi connectivity index (χ2n) is 7.53. The first kappa shape index (κ1) is 14.1. The summed E-state index contributed by atoms with van der Waals surface area (Å²) in [6, 6.07) is 0. The van der Waals surface area contributed by atoms with Crippen LogP contribution in [0.15, 0.2) is 11.6 Å². The van der Waals surface area contributed by atoms with Crippen molar-refractivity contribution in [3.8, 4) is 0 Å². The van der Waals surface area contributed by atoms with Crippen LogP contribution in [0.2, 0.25) is 0 Å². The molecule has 3 aliphatic carbocycles. The van der Waals surface area contributed by atoms with Crippen LogP contribution in [0.25, 0.3) is 0 Å². The summed E-state index contributed by atoms with van der Waals surface area (Å²) in [5.74, 6) is 2.49. The Labute approximate surface area is 121 Å². The summed E-state index contributed by atoms with van der Waals surface area (Å²) in [5.41, 5.74) is 0.630. The number of hydrogen-bond donors (Lipinski definition) is 1. The molecule has 2 bridgehead atoms. The SMILES string of the molecule is C/C(=C\COC1C2CC(C3CCCC32)C1(C)C)C(=O)O. The van der Waals surface area contributed by atoms with E-state index in [1.54, 1.807) is 13.0 Å². The van der Waals surface area contributed by atoms with Crippen molar-refractivity contribution in [2.45, 2.75) is 52.6 Å². The van der Waals surface area contributed by atoms with E-state index < -0.39 is 5.97 Å². The van der Waals surface area contributed by atoms with Gasteiger partial charge in [-0.15, -0.1) is 0 Å². The maximum Gasteiger partial charge on any atom is 0.331 e. The van der Waals surface area contributed by atoms with Crippen LogP contribution in [0.5, 0.6) is 0 Å². The lowest BCUT2D eigenvalue weighted by molar-refractivity contribution is -0.132. The summed E-state index contributed by atoms with van der Waals surface area (Å²) in [4.78, 5) is 10.8. The average Bonchev–Trinajstić information content (AvgIpc) is 3.00. The fraction of sp³-hybridized carbons (Fsp3) is 0.824. The molecule has 1 N–H and O–H groups in total. The highest BCUT2D eigenvalue weighted by Crippen LogP contribution is 2.66. The van der Waals surface area contributed by atoms with Crippen molar-refractivity contribution in [2.75, 3.05) is 6.61 Å². The minimum Gasteiger partial charge on any atom is -0.478 e. The smallest absolute Gasteiger partial charge is 0.331 e. The van der Waals surface area contributed by atoms with Crippen molar-refractivity contribution in [1.29, 1.82) is 0 Å². The van der Waals surface area contributed by atoms with Gasteiger partial charge in [0.05, 0.1) is 12.7 Å². The van der Waals surface area contributed by atoms with Crippen molar-refractivity contribution in [3.63, 3.8) is 0 Å². The van der Waals surface area contributed by atoms with E-state index in [1.165, 1.54) is 25.7 Å². The number of carboxylic acids is 1. The number of ether oxygens (including phenoxy) is 1. The third-order valence-electron chi connectivity index (χ3n) is 6.30. The molecule has 0 aromatic rings. The molecule has 0 saturated heterocycles. The highest BCUT2D eigenvalue weighted by atomic mass is 16.5. The lowest BCUT2D eigenvalue weighted by atomic mass is 9.66. The van der Waals surface area contributed by atoms with E-state index in [1.807, 2.05) is 0 Å². The van der Waals surface area contributed by atoms with Crippen molar-refractivity contribution in [3.05, 3.63) is 11.6 Å². The zero-order valence-electron chi connectivity index (χ0n) is 12.8. The normalized spacial score (nSPS) is 42.0. The molecule has 0 heterocycles. The lowest BCUT2D eigenvalue weighted by Gasteiger charge is -2.43. The predicted octanol–water partition coefficient (Wildman–Crippen LogP) is 3.49. The fourth-order valence-corrected chi connectivity index (χ4v) is 5.36. The van der Waals surface area contributed by atoms with Crippen LogP contribution >= 0.6 is 0 Å². The molecule has 3 fully saturated rings. The molecule has 0 aromatic carbocycles. The molecule has 3 nitrogen and oxygen atoms in total. The molecule has 112 valence electrons. The van der Waals surface area contributed by atoms with Crippen LogP contribution in [0.4, 0.5) is 0 Å². The van der Waals surface area contributed by atoms with Crippen LogP contribution in [0.1, 0.15) is 46.5 Å². The number of hydrogen-bond acceptors (Lipinski definition) is 2. The number of aliphatic carboxylic acids is 1. The van der Waals surface area contributed by atoms with E-state index in [0.717, 1.165) is 17.8 Å². The summed E-state index contributed by atoms with van der Waals surface area (Å²) in [5, 5.41) is 8.88. The summed E-state index contributed by atoms with van der Waals surface area (Å²) in [6.07, 6.45) is 7.53. The maximum atomic E-state index is 10.8. The van der Waals surface area contributed by atoms with Gasteiger partial charge in [0.1, 0.15) is 0 Å². The molecule has 3 rings (SSSR count). The third kappa shape index (κ3) is 2.02. The quantitative estimate of drug-likeness (QED) is 0.801. The second-order valence-corrected chi connectivity index (χ2v) is 7.53. The Morgan fingerprint density at radius 2 is 2.00 bits per heavy atom. The molecule has 0 aliphatic heterocycles. The molecule has 5 atom stereocenters. The van der Waals surface area contributed by atoms with Gasteiger partial charge < -0.3 is 9.84 Å². The van der Waals surface area contributed by atoms with E-state index in [4.69, 9.17) is 9.84 Å². The Hall–Kier alpha value is -0.830. The first-order valence-electron chi connectivity index (χ1n) is 7.94. The number of fused-ring (bicyclic) bond motifs is 5. The summed E-state index contributed by atoms with van der Waals surface area (Å²) in [6.45, 7) is 6.77. The monoisotopic (exact) mass is 278 g/mol. The van der Waals surface area contributed by atoms with E-state index in [9.17, 15) is 4.79 Å². The molecule has 0 aromatic heterocycles. The Morgan fingerprint density at radius 3 is 2.70 bits per heavy atom. The van der Waals surface area contributed by atoms with Gasteiger partial charge in [0.25, 0.3) is 0 Å². The Bertz CT molecular complexity index is 438. The topological polar surface area (TPSA) is 46.5 Å². The zero-order chi connectivity index (χ0) is 14.5. The molecule has 3 aliphatic rings. The van der Waals surface area contributed by atoms with Gasteiger partial charge >= 0.3 is 5.97 Å². The average molecular weight is 278 g/mol. The molecule has 20 heavy (non-hydrogen) atoms. The van der Waals surface area contributed by atoms with Crippen LogP contribution in [-0.4, -0.2) is 23.8 Å². The van der Waals surface area contributed by atoms with Crippen molar-refractivity contribution in [1.82, 2.24) is 0 Å². The predicted molar refractivity (Wildman–Crippen MR) is 77.3 cm³/mol. The minimum atomic E-state index is -0.850. The molecule has 5 unspecified atom stereocenters. The van der Waals surface area contributed by atoms with Crippen molar-refractivity contribution in [2.24, 2.45) is 29.1 Å². The molecular formula is C17H26O3. The van der Waals surface area contributed by atoms with Gasteiger partial charge in [-0.3, -0.25) is 0 Å². The van der Waals surface area contributed by atoms with Gasteiger partial charge in [-0.2, -0.15) is 0 Å². The van der Waals surface area contributed by atoms with Gasteiger partial charge in [-0.25, -0.2) is 4.79 Å². The van der Waals surface area contributed by atoms with Crippen LogP contribution in [-0.2, 0) is 9.53 Å². The molecular weight excluding hydrogens is 252 g/mol. The molecule has 3 heteroatoms. The van der Waals surface area contributed by atoms with Gasteiger partial charge in [0, 0.05) is 5.57 Å². The molecule has 0 amide bonds. The Balaban J connectivity index is 1.68. The number of carbonyl (C=O) groups is 1. The van der Waals surface area contributed by atoms with E-state index in [0.29, 0.717) is 24.2 Å². The first-order chi connectivity index (χ1) is 9.43. The minimum absolute atomic E-state index is 0.251. The van der Waals surface area contributed by atoms with Crippen molar-refractivity contribution < 1.29 is 14.6 Å². The van der Waals surface area contributed by atoms with Gasteiger partial charge in [0.15, 0.2) is 0 Å². The highest BCUT2D eigenvalue weighted by molar-refractivity contribution is 5.85.